The fourth-order valence-electron chi connectivity index (χ4n) is 6.82. The Morgan fingerprint density at radius 1 is 1.06 bits per heavy atom. The van der Waals surface area contributed by atoms with E-state index in [2.05, 4.69) is 82.8 Å². The summed E-state index contributed by atoms with van der Waals surface area (Å²) >= 11 is 0. The molecule has 182 valence electrons. The first-order valence-electron chi connectivity index (χ1n) is 12.9. The predicted octanol–water partition coefficient (Wildman–Crippen LogP) is 6.66. The summed E-state index contributed by atoms with van der Waals surface area (Å²) in [6, 6.07) is 13.6. The average molecular weight is 461 g/mol. The lowest BCUT2D eigenvalue weighted by Gasteiger charge is -2.51. The molecular formula is C30H40N2O2. The zero-order valence-corrected chi connectivity index (χ0v) is 21.7. The van der Waals surface area contributed by atoms with Crippen molar-refractivity contribution >= 4 is 6.09 Å². The summed E-state index contributed by atoms with van der Waals surface area (Å²) in [6.45, 7) is 16.6. The number of rotatable bonds is 3. The van der Waals surface area contributed by atoms with Crippen LogP contribution in [0.5, 0.6) is 0 Å². The number of benzene rings is 2. The normalized spacial score (nSPS) is 27.5. The molecule has 0 saturated carbocycles. The van der Waals surface area contributed by atoms with Crippen LogP contribution in [-0.4, -0.2) is 46.7 Å². The maximum absolute atomic E-state index is 12.7. The fourth-order valence-corrected chi connectivity index (χ4v) is 6.82. The molecule has 1 aliphatic carbocycles. The van der Waals surface area contributed by atoms with Gasteiger partial charge in [0, 0.05) is 6.54 Å². The van der Waals surface area contributed by atoms with Crippen LogP contribution in [0.25, 0.3) is 11.1 Å². The zero-order chi connectivity index (χ0) is 24.4. The van der Waals surface area contributed by atoms with E-state index in [1.165, 1.54) is 33.4 Å². The van der Waals surface area contributed by atoms with Gasteiger partial charge in [-0.1, -0.05) is 76.6 Å². The Hall–Kier alpha value is -2.33. The maximum atomic E-state index is 12.7. The molecule has 0 radical (unpaired) electrons. The third-order valence-corrected chi connectivity index (χ3v) is 8.58. The molecule has 34 heavy (non-hydrogen) atoms. The molecule has 0 aromatic heterocycles. The molecular weight excluding hydrogens is 420 g/mol. The molecule has 3 aliphatic heterocycles. The highest BCUT2D eigenvalue weighted by Crippen LogP contribution is 2.51. The van der Waals surface area contributed by atoms with Gasteiger partial charge in [0.15, 0.2) is 0 Å². The zero-order valence-electron chi connectivity index (χ0n) is 21.7. The lowest BCUT2D eigenvalue weighted by atomic mass is 9.79. The minimum Gasteiger partial charge on any atom is -0.465 e. The number of carbonyl (C=O) groups is 1. The standard InChI is InChI=1S/C30H40N2O2/c1-19-13-22(16-24(14-19)29(2,3)4)21-7-8-25-23(15-21)17-30(5,6)27(25)32(28(33)34)26-18-31-11-9-20(26)10-12-31/h7-8,13-16,20,26-27H,9-12,17-18H2,1-6H3,(H,33,34)/t26?,27-/m1/s1. The maximum Gasteiger partial charge on any atom is 0.408 e. The van der Waals surface area contributed by atoms with E-state index < -0.39 is 6.09 Å². The third-order valence-electron chi connectivity index (χ3n) is 8.58. The largest absolute Gasteiger partial charge is 0.465 e. The highest BCUT2D eigenvalue weighted by atomic mass is 16.4. The van der Waals surface area contributed by atoms with Crippen LogP contribution in [-0.2, 0) is 11.8 Å². The summed E-state index contributed by atoms with van der Waals surface area (Å²) in [7, 11) is 0. The second kappa shape index (κ2) is 8.12. The van der Waals surface area contributed by atoms with Crippen LogP contribution in [0.15, 0.2) is 36.4 Å². The quantitative estimate of drug-likeness (QED) is 0.557. The van der Waals surface area contributed by atoms with Gasteiger partial charge in [0.25, 0.3) is 0 Å². The van der Waals surface area contributed by atoms with E-state index in [1.807, 2.05) is 4.90 Å². The summed E-state index contributed by atoms with van der Waals surface area (Å²) in [6.07, 6.45) is 2.39. The number of fused-ring (bicyclic) bond motifs is 4. The van der Waals surface area contributed by atoms with Gasteiger partial charge in [-0.25, -0.2) is 4.79 Å². The molecule has 1 unspecified atom stereocenters. The second-order valence-electron chi connectivity index (χ2n) is 12.7. The Balaban J connectivity index is 1.53. The van der Waals surface area contributed by atoms with Crippen molar-refractivity contribution in [2.75, 3.05) is 19.6 Å². The number of piperidine rings is 3. The van der Waals surface area contributed by atoms with Crippen molar-refractivity contribution in [3.8, 4) is 11.1 Å². The number of amides is 1. The molecule has 2 aromatic rings. The number of hydrogen-bond donors (Lipinski definition) is 1. The predicted molar refractivity (Wildman–Crippen MR) is 138 cm³/mol. The molecule has 3 fully saturated rings. The molecule has 3 saturated heterocycles. The molecule has 2 aromatic carbocycles. The van der Waals surface area contributed by atoms with E-state index in [0.29, 0.717) is 5.92 Å². The molecule has 4 aliphatic rings. The molecule has 3 heterocycles. The Morgan fingerprint density at radius 2 is 1.76 bits per heavy atom. The van der Waals surface area contributed by atoms with Gasteiger partial charge in [0.2, 0.25) is 0 Å². The number of nitrogens with zero attached hydrogens (tertiary/aromatic N) is 2. The van der Waals surface area contributed by atoms with Crippen molar-refractivity contribution in [2.24, 2.45) is 11.3 Å². The summed E-state index contributed by atoms with van der Waals surface area (Å²) in [5.74, 6) is 0.489. The Morgan fingerprint density at radius 3 is 2.35 bits per heavy atom. The van der Waals surface area contributed by atoms with Crippen molar-refractivity contribution in [1.82, 2.24) is 9.80 Å². The van der Waals surface area contributed by atoms with Crippen molar-refractivity contribution in [3.63, 3.8) is 0 Å². The first-order chi connectivity index (χ1) is 15.9. The van der Waals surface area contributed by atoms with E-state index in [9.17, 15) is 9.90 Å². The van der Waals surface area contributed by atoms with Crippen molar-refractivity contribution in [3.05, 3.63) is 58.7 Å². The molecule has 1 amide bonds. The monoisotopic (exact) mass is 460 g/mol. The smallest absolute Gasteiger partial charge is 0.408 e. The Kier molecular flexibility index (Phi) is 5.59. The molecule has 6 rings (SSSR count). The van der Waals surface area contributed by atoms with Gasteiger partial charge < -0.3 is 10.0 Å². The van der Waals surface area contributed by atoms with E-state index in [0.717, 1.165) is 38.9 Å². The van der Waals surface area contributed by atoms with Crippen molar-refractivity contribution in [2.45, 2.75) is 78.3 Å². The van der Waals surface area contributed by atoms with Crippen LogP contribution in [0.2, 0.25) is 0 Å². The summed E-state index contributed by atoms with van der Waals surface area (Å²) in [5.41, 5.74) is 7.59. The van der Waals surface area contributed by atoms with Crippen LogP contribution in [0.3, 0.4) is 0 Å². The first kappa shape index (κ1) is 23.4. The van der Waals surface area contributed by atoms with Crippen LogP contribution < -0.4 is 0 Å². The Labute approximate surface area is 205 Å². The van der Waals surface area contributed by atoms with Crippen LogP contribution in [0, 0.1) is 18.3 Å². The summed E-state index contributed by atoms with van der Waals surface area (Å²) in [5, 5.41) is 10.4. The molecule has 4 heteroatoms. The number of carboxylic acid groups (broad SMARTS) is 1. The third kappa shape index (κ3) is 4.04. The molecule has 0 spiro atoms. The highest BCUT2D eigenvalue weighted by molar-refractivity contribution is 5.70. The summed E-state index contributed by atoms with van der Waals surface area (Å²) < 4.78 is 0. The van der Waals surface area contributed by atoms with E-state index in [4.69, 9.17) is 0 Å². The van der Waals surface area contributed by atoms with E-state index in [-0.39, 0.29) is 22.9 Å². The fraction of sp³-hybridized carbons (Fsp3) is 0.567. The van der Waals surface area contributed by atoms with Gasteiger partial charge in [-0.05, 0) is 83.8 Å². The minimum absolute atomic E-state index is 0.0951. The van der Waals surface area contributed by atoms with Gasteiger partial charge in [-0.3, -0.25) is 4.90 Å². The highest BCUT2D eigenvalue weighted by Gasteiger charge is 2.50. The van der Waals surface area contributed by atoms with E-state index in [1.54, 1.807) is 0 Å². The second-order valence-corrected chi connectivity index (χ2v) is 12.7. The number of hydrogen-bond acceptors (Lipinski definition) is 2. The van der Waals surface area contributed by atoms with Crippen LogP contribution in [0.1, 0.15) is 75.8 Å². The van der Waals surface area contributed by atoms with Gasteiger partial charge in [0.1, 0.15) is 0 Å². The van der Waals surface area contributed by atoms with Crippen LogP contribution >= 0.6 is 0 Å². The molecule has 2 atom stereocenters. The van der Waals surface area contributed by atoms with Gasteiger partial charge in [-0.15, -0.1) is 0 Å². The Bertz CT molecular complexity index is 1110. The van der Waals surface area contributed by atoms with E-state index >= 15 is 0 Å². The van der Waals surface area contributed by atoms with Gasteiger partial charge in [-0.2, -0.15) is 0 Å². The lowest BCUT2D eigenvalue weighted by Crippen LogP contribution is -2.60. The average Bonchev–Trinajstić information content (AvgIpc) is 3.03. The SMILES string of the molecule is Cc1cc(-c2ccc3c(c2)CC(C)(C)[C@@H]3N(C(=O)O)C2CN3CCC2CC3)cc(C(C)(C)C)c1. The first-order valence-corrected chi connectivity index (χ1v) is 12.9. The van der Waals surface area contributed by atoms with Crippen molar-refractivity contribution < 1.29 is 9.90 Å². The van der Waals surface area contributed by atoms with Gasteiger partial charge in [0.05, 0.1) is 12.1 Å². The van der Waals surface area contributed by atoms with Crippen molar-refractivity contribution in [1.29, 1.82) is 0 Å². The molecule has 4 nitrogen and oxygen atoms in total. The van der Waals surface area contributed by atoms with Crippen LogP contribution in [0.4, 0.5) is 4.79 Å². The molecule has 1 N–H and O–H groups in total. The minimum atomic E-state index is -0.762. The lowest BCUT2D eigenvalue weighted by molar-refractivity contribution is -0.0267. The number of aryl methyl sites for hydroxylation is 1. The summed E-state index contributed by atoms with van der Waals surface area (Å²) in [4.78, 5) is 17.0. The van der Waals surface area contributed by atoms with Gasteiger partial charge >= 0.3 is 6.09 Å². The molecule has 2 bridgehead atoms. The topological polar surface area (TPSA) is 43.8 Å².